The smallest absolute Gasteiger partial charge is 0.00143 e. The molecule has 0 aliphatic rings. The van der Waals surface area contributed by atoms with Crippen molar-refractivity contribution in [1.82, 2.24) is 0 Å². The third-order valence-electron chi connectivity index (χ3n) is 22.0. The van der Waals surface area contributed by atoms with E-state index in [1.54, 1.807) is 0 Å². The molecule has 0 saturated carbocycles. The summed E-state index contributed by atoms with van der Waals surface area (Å²) in [6.07, 6.45) is 0. The summed E-state index contributed by atoms with van der Waals surface area (Å²) < 4.78 is 0. The minimum atomic E-state index is 0. The van der Waals surface area contributed by atoms with Crippen molar-refractivity contribution in [3.63, 3.8) is 0 Å². The van der Waals surface area contributed by atoms with Gasteiger partial charge in [-0.05, 0) is 250 Å². The number of benzene rings is 23. The topological polar surface area (TPSA) is 0 Å². The molecular formula is C107H72. The predicted octanol–water partition coefficient (Wildman–Crippen LogP) is 30.6. The molecule has 0 unspecified atom stereocenters. The molecule has 0 aliphatic heterocycles. The quantitative estimate of drug-likeness (QED) is 0.140. The Morgan fingerprint density at radius 2 is 0.318 bits per heavy atom. The van der Waals surface area contributed by atoms with E-state index in [1.807, 2.05) is 0 Å². The van der Waals surface area contributed by atoms with Crippen LogP contribution in [0.5, 0.6) is 0 Å². The van der Waals surface area contributed by atoms with Gasteiger partial charge in [-0.15, -0.1) is 0 Å². The van der Waals surface area contributed by atoms with Crippen molar-refractivity contribution < 1.29 is 0 Å². The van der Waals surface area contributed by atoms with Gasteiger partial charge in [0.2, 0.25) is 0 Å². The van der Waals surface area contributed by atoms with Gasteiger partial charge in [0.05, 0.1) is 0 Å². The Morgan fingerprint density at radius 1 is 0.103 bits per heavy atom. The zero-order valence-corrected chi connectivity index (χ0v) is 58.3. The molecule has 0 fully saturated rings. The average Bonchev–Trinajstić information content (AvgIpc) is 0.742. The first-order valence-electron chi connectivity index (χ1n) is 36.8. The van der Waals surface area contributed by atoms with Crippen molar-refractivity contribution in [3.8, 4) is 77.9 Å². The molecule has 0 aromatic heterocycles. The summed E-state index contributed by atoms with van der Waals surface area (Å²) in [6, 6.07) is 149. The van der Waals surface area contributed by atoms with Gasteiger partial charge in [0.15, 0.2) is 0 Å². The van der Waals surface area contributed by atoms with Crippen LogP contribution in [0.1, 0.15) is 7.43 Å². The van der Waals surface area contributed by atoms with Crippen molar-refractivity contribution in [3.05, 3.63) is 413 Å². The van der Waals surface area contributed by atoms with Gasteiger partial charge < -0.3 is 0 Å². The monoisotopic (exact) mass is 1360 g/mol. The molecule has 0 N–H and O–H groups in total. The molecule has 0 amide bonds. The van der Waals surface area contributed by atoms with Crippen LogP contribution in [0.3, 0.4) is 0 Å². The van der Waals surface area contributed by atoms with Crippen LogP contribution in [0.4, 0.5) is 0 Å². The van der Waals surface area contributed by atoms with Gasteiger partial charge in [0.25, 0.3) is 0 Å². The molecule has 23 rings (SSSR count). The largest absolute Gasteiger partial charge is 0.0776 e. The normalized spacial score (nSPS) is 11.5. The SMILES string of the molecule is C.c1ccc(-c2cc(-c3ccccc3)c3ccc4cccc5ccc2c3c54)cc1.c1ccc(-c2cc3ccc4cc(-c5ccccc5)cc5ccc(c2)c3c45)cc1.c1ccc(-c2cc3cccc4cc(-c5ccccc5)c5cccc2c5c34)cc1.c1ccc(-c2ccc3ccc4cccc5ccc2c3c45)cc1. The fourth-order valence-corrected chi connectivity index (χ4v) is 17.1. The first-order chi connectivity index (χ1) is 52.6. The Hall–Kier alpha value is -13.8. The Labute approximate surface area is 622 Å². The van der Waals surface area contributed by atoms with Crippen molar-refractivity contribution >= 4 is 129 Å². The maximum Gasteiger partial charge on any atom is -0.00143 e. The van der Waals surface area contributed by atoms with Crippen molar-refractivity contribution in [2.45, 2.75) is 7.43 Å². The summed E-state index contributed by atoms with van der Waals surface area (Å²) in [6.45, 7) is 0. The van der Waals surface area contributed by atoms with Crippen LogP contribution in [0.15, 0.2) is 413 Å². The minimum absolute atomic E-state index is 0. The molecule has 0 radical (unpaired) electrons. The fraction of sp³-hybridized carbons (Fsp3) is 0.00935. The van der Waals surface area contributed by atoms with Gasteiger partial charge in [-0.25, -0.2) is 0 Å². The molecule has 107 heavy (non-hydrogen) atoms. The first-order valence-corrected chi connectivity index (χ1v) is 36.8. The summed E-state index contributed by atoms with van der Waals surface area (Å²) in [4.78, 5) is 0. The van der Waals surface area contributed by atoms with Crippen LogP contribution in [0, 0.1) is 0 Å². The molecule has 500 valence electrons. The summed E-state index contributed by atoms with van der Waals surface area (Å²) >= 11 is 0. The highest BCUT2D eigenvalue weighted by molar-refractivity contribution is 6.31. The third kappa shape index (κ3) is 11.3. The Balaban J connectivity index is 0.0000000974. The standard InChI is InChI=1S/3C28H18.C22H14.CH4/c1-3-9-19(10-4-1)25-17-21-13-7-14-22-18-26(20-11-5-2-6-12-20)24-16-8-15-23(25)28(24)27(21)22;1-3-8-19(9-4-1)25-18-26(20-10-5-2-6-11-20)24-17-15-22-13-7-12-21-14-16-23(25)28(24)27(21)22;1-3-7-19(8-4-1)25-15-21-11-13-23-17-26(20-9-5-2-6-10-20)18-24-14-12-22(16-25)27(21)28(23)24;1-2-5-15(6-3-1)19-13-11-18-10-9-16-7-4-8-17-12-14-20(19)22(18)21(16)17;/h3*1-18H;1-14H;1H4. The summed E-state index contributed by atoms with van der Waals surface area (Å²) in [5, 5.41) is 32.0. The van der Waals surface area contributed by atoms with Crippen LogP contribution < -0.4 is 0 Å². The van der Waals surface area contributed by atoms with Gasteiger partial charge >= 0.3 is 0 Å². The maximum absolute atomic E-state index is 2.37. The van der Waals surface area contributed by atoms with Gasteiger partial charge in [-0.1, -0.05) is 377 Å². The summed E-state index contributed by atoms with van der Waals surface area (Å²) in [7, 11) is 0. The van der Waals surface area contributed by atoms with Gasteiger partial charge in [-0.3, -0.25) is 0 Å². The number of hydrogen-bond donors (Lipinski definition) is 0. The Morgan fingerprint density at radius 3 is 0.673 bits per heavy atom. The van der Waals surface area contributed by atoms with Crippen LogP contribution in [0.2, 0.25) is 0 Å². The maximum atomic E-state index is 2.37. The molecule has 0 saturated heterocycles. The highest BCUT2D eigenvalue weighted by Crippen LogP contribution is 2.48. The lowest BCUT2D eigenvalue weighted by atomic mass is 9.85. The van der Waals surface area contributed by atoms with Gasteiger partial charge in [-0.2, -0.15) is 0 Å². The molecule has 0 heterocycles. The van der Waals surface area contributed by atoms with E-state index < -0.39 is 0 Å². The zero-order valence-electron chi connectivity index (χ0n) is 58.3. The van der Waals surface area contributed by atoms with Gasteiger partial charge in [0, 0.05) is 0 Å². The van der Waals surface area contributed by atoms with Crippen molar-refractivity contribution in [2.24, 2.45) is 0 Å². The molecule has 0 spiro atoms. The van der Waals surface area contributed by atoms with E-state index in [9.17, 15) is 0 Å². The second kappa shape index (κ2) is 27.1. The van der Waals surface area contributed by atoms with E-state index >= 15 is 0 Å². The van der Waals surface area contributed by atoms with E-state index in [4.69, 9.17) is 0 Å². The van der Waals surface area contributed by atoms with E-state index in [1.165, 1.54) is 207 Å². The lowest BCUT2D eigenvalue weighted by molar-refractivity contribution is 1.63. The summed E-state index contributed by atoms with van der Waals surface area (Å²) in [5.74, 6) is 0. The zero-order chi connectivity index (χ0) is 70.0. The molecule has 0 aliphatic carbocycles. The third-order valence-corrected chi connectivity index (χ3v) is 22.0. The summed E-state index contributed by atoms with van der Waals surface area (Å²) in [5.41, 5.74) is 17.9. The average molecular weight is 1360 g/mol. The predicted molar refractivity (Wildman–Crippen MR) is 465 cm³/mol. The van der Waals surface area contributed by atoms with Crippen molar-refractivity contribution in [1.29, 1.82) is 0 Å². The van der Waals surface area contributed by atoms with Crippen molar-refractivity contribution in [2.75, 3.05) is 0 Å². The second-order valence-electron chi connectivity index (χ2n) is 28.1. The van der Waals surface area contributed by atoms with E-state index in [-0.39, 0.29) is 7.43 Å². The van der Waals surface area contributed by atoms with E-state index in [0.29, 0.717) is 0 Å². The Kier molecular flexibility index (Phi) is 16.2. The first kappa shape index (κ1) is 64.1. The highest BCUT2D eigenvalue weighted by atomic mass is 14.2. The van der Waals surface area contributed by atoms with Crippen LogP contribution in [-0.4, -0.2) is 0 Å². The number of hydrogen-bond acceptors (Lipinski definition) is 0. The molecule has 0 nitrogen and oxygen atoms in total. The second-order valence-corrected chi connectivity index (χ2v) is 28.1. The highest BCUT2D eigenvalue weighted by Gasteiger charge is 2.20. The number of rotatable bonds is 7. The molecule has 0 heteroatoms. The molecule has 23 aromatic carbocycles. The van der Waals surface area contributed by atoms with Crippen LogP contribution >= 0.6 is 0 Å². The molecule has 0 atom stereocenters. The fourth-order valence-electron chi connectivity index (χ4n) is 17.1. The lowest BCUT2D eigenvalue weighted by Crippen LogP contribution is -1.90. The molecular weight excluding hydrogens is 1290 g/mol. The van der Waals surface area contributed by atoms with Gasteiger partial charge in [0.1, 0.15) is 0 Å². The van der Waals surface area contributed by atoms with Crippen LogP contribution in [0.25, 0.3) is 207 Å². The van der Waals surface area contributed by atoms with E-state index in [2.05, 4.69) is 413 Å². The van der Waals surface area contributed by atoms with Crippen LogP contribution in [-0.2, 0) is 0 Å². The molecule has 0 bridgehead atoms. The Bertz CT molecular complexity index is 6690. The van der Waals surface area contributed by atoms with E-state index in [0.717, 1.165) is 0 Å². The molecule has 23 aromatic rings. The minimum Gasteiger partial charge on any atom is -0.0776 e. The lowest BCUT2D eigenvalue weighted by Gasteiger charge is -2.18.